The number of carbonyl (C=O) groups is 1. The third-order valence-electron chi connectivity index (χ3n) is 5.21. The first-order valence-electron chi connectivity index (χ1n) is 10.6. The van der Waals surface area contributed by atoms with Crippen LogP contribution in [0.3, 0.4) is 0 Å². The zero-order valence-corrected chi connectivity index (χ0v) is 19.3. The molecule has 1 amide bonds. The van der Waals surface area contributed by atoms with E-state index in [0.717, 1.165) is 17.8 Å². The van der Waals surface area contributed by atoms with Crippen molar-refractivity contribution in [3.05, 3.63) is 111 Å². The SMILES string of the molecule is Cc1cc(C(=O)NCc2ccccn2)nn1Cc1cc(Cl)ccc1OCc1ccc(F)c(F)c1F. The third kappa shape index (κ3) is 5.81. The molecule has 0 aliphatic carbocycles. The lowest BCUT2D eigenvalue weighted by Crippen LogP contribution is -2.24. The number of amides is 1. The minimum Gasteiger partial charge on any atom is -0.488 e. The van der Waals surface area contributed by atoms with Crippen LogP contribution in [0.1, 0.15) is 33.0 Å². The Morgan fingerprint density at radius 2 is 1.89 bits per heavy atom. The van der Waals surface area contributed by atoms with Gasteiger partial charge in [0.15, 0.2) is 17.5 Å². The predicted molar refractivity (Wildman–Crippen MR) is 124 cm³/mol. The van der Waals surface area contributed by atoms with E-state index in [4.69, 9.17) is 16.3 Å². The van der Waals surface area contributed by atoms with Crippen molar-refractivity contribution in [1.82, 2.24) is 20.1 Å². The van der Waals surface area contributed by atoms with Gasteiger partial charge in [-0.2, -0.15) is 5.10 Å². The molecule has 2 aromatic heterocycles. The molecule has 6 nitrogen and oxygen atoms in total. The summed E-state index contributed by atoms with van der Waals surface area (Å²) < 4.78 is 48.0. The van der Waals surface area contributed by atoms with Gasteiger partial charge in [0.25, 0.3) is 5.91 Å². The van der Waals surface area contributed by atoms with Gasteiger partial charge in [0.2, 0.25) is 0 Å². The fourth-order valence-corrected chi connectivity index (χ4v) is 3.55. The van der Waals surface area contributed by atoms with Crippen LogP contribution >= 0.6 is 11.6 Å². The third-order valence-corrected chi connectivity index (χ3v) is 5.45. The Balaban J connectivity index is 1.48. The molecule has 0 radical (unpaired) electrons. The maximum Gasteiger partial charge on any atom is 0.272 e. The summed E-state index contributed by atoms with van der Waals surface area (Å²) >= 11 is 6.15. The van der Waals surface area contributed by atoms with Crippen molar-refractivity contribution in [2.45, 2.75) is 26.6 Å². The molecule has 10 heteroatoms. The number of aryl methyl sites for hydroxylation is 1. The van der Waals surface area contributed by atoms with E-state index >= 15 is 0 Å². The second-order valence-corrected chi connectivity index (χ2v) is 8.14. The van der Waals surface area contributed by atoms with Gasteiger partial charge in [-0.1, -0.05) is 17.7 Å². The molecule has 0 atom stereocenters. The van der Waals surface area contributed by atoms with E-state index in [1.807, 2.05) is 6.07 Å². The molecule has 4 rings (SSSR count). The van der Waals surface area contributed by atoms with Crippen LogP contribution in [0.15, 0.2) is 60.8 Å². The minimum absolute atomic E-state index is 0.132. The quantitative estimate of drug-likeness (QED) is 0.337. The van der Waals surface area contributed by atoms with Crippen LogP contribution < -0.4 is 10.1 Å². The molecule has 0 saturated heterocycles. The van der Waals surface area contributed by atoms with E-state index in [0.29, 0.717) is 22.0 Å². The average molecular weight is 501 g/mol. The summed E-state index contributed by atoms with van der Waals surface area (Å²) in [5, 5.41) is 7.59. The molecule has 0 fully saturated rings. The smallest absolute Gasteiger partial charge is 0.272 e. The van der Waals surface area contributed by atoms with Gasteiger partial charge in [0, 0.05) is 28.0 Å². The minimum atomic E-state index is -1.55. The van der Waals surface area contributed by atoms with Gasteiger partial charge in [-0.25, -0.2) is 13.2 Å². The van der Waals surface area contributed by atoms with Crippen molar-refractivity contribution in [1.29, 1.82) is 0 Å². The Labute approximate surface area is 204 Å². The van der Waals surface area contributed by atoms with Crippen LogP contribution in [0.2, 0.25) is 5.02 Å². The molecule has 1 N–H and O–H groups in total. The summed E-state index contributed by atoms with van der Waals surface area (Å²) in [6.07, 6.45) is 1.64. The Bertz CT molecular complexity index is 1360. The number of hydrogen-bond donors (Lipinski definition) is 1. The summed E-state index contributed by atoms with van der Waals surface area (Å²) in [6.45, 7) is 1.94. The number of rotatable bonds is 8. The topological polar surface area (TPSA) is 69.0 Å². The van der Waals surface area contributed by atoms with Gasteiger partial charge >= 0.3 is 0 Å². The van der Waals surface area contributed by atoms with Crippen LogP contribution in [-0.4, -0.2) is 20.7 Å². The first-order valence-corrected chi connectivity index (χ1v) is 11.0. The highest BCUT2D eigenvalue weighted by Gasteiger charge is 2.17. The molecule has 2 heterocycles. The number of nitrogens with zero attached hydrogens (tertiary/aromatic N) is 3. The summed E-state index contributed by atoms with van der Waals surface area (Å²) in [5.74, 6) is -4.12. The molecular formula is C25H20ClF3N4O2. The largest absolute Gasteiger partial charge is 0.488 e. The van der Waals surface area contributed by atoms with Crippen molar-refractivity contribution in [2.75, 3.05) is 0 Å². The molecule has 0 unspecified atom stereocenters. The summed E-state index contributed by atoms with van der Waals surface area (Å²) in [5.41, 5.74) is 2.13. The van der Waals surface area contributed by atoms with Gasteiger partial charge < -0.3 is 10.1 Å². The van der Waals surface area contributed by atoms with Gasteiger partial charge in [-0.15, -0.1) is 0 Å². The lowest BCUT2D eigenvalue weighted by atomic mass is 10.2. The highest BCUT2D eigenvalue weighted by atomic mass is 35.5. The number of aromatic nitrogens is 3. The summed E-state index contributed by atoms with van der Waals surface area (Å²) in [4.78, 5) is 16.7. The van der Waals surface area contributed by atoms with Crippen molar-refractivity contribution in [2.24, 2.45) is 0 Å². The van der Waals surface area contributed by atoms with Crippen LogP contribution in [0.5, 0.6) is 5.75 Å². The highest BCUT2D eigenvalue weighted by Crippen LogP contribution is 2.26. The maximum absolute atomic E-state index is 14.0. The number of nitrogens with one attached hydrogen (secondary N) is 1. The van der Waals surface area contributed by atoms with Crippen LogP contribution in [0, 0.1) is 24.4 Å². The maximum atomic E-state index is 14.0. The van der Waals surface area contributed by atoms with Crippen molar-refractivity contribution in [3.8, 4) is 5.75 Å². The van der Waals surface area contributed by atoms with E-state index < -0.39 is 17.5 Å². The van der Waals surface area contributed by atoms with E-state index in [1.165, 1.54) is 0 Å². The molecule has 2 aromatic carbocycles. The molecular weight excluding hydrogens is 481 g/mol. The van der Waals surface area contributed by atoms with E-state index in [1.54, 1.807) is 54.2 Å². The van der Waals surface area contributed by atoms with Crippen LogP contribution in [0.4, 0.5) is 13.2 Å². The molecule has 180 valence electrons. The zero-order valence-electron chi connectivity index (χ0n) is 18.6. The monoisotopic (exact) mass is 500 g/mol. The Hall–Kier alpha value is -3.85. The normalized spacial score (nSPS) is 10.9. The van der Waals surface area contributed by atoms with Gasteiger partial charge in [-0.05, 0) is 55.5 Å². The molecule has 0 saturated carbocycles. The van der Waals surface area contributed by atoms with Crippen molar-refractivity contribution < 1.29 is 22.7 Å². The predicted octanol–water partition coefficient (Wildman–Crippen LogP) is 5.21. The Kier molecular flexibility index (Phi) is 7.36. The number of pyridine rings is 1. The molecule has 0 bridgehead atoms. The fourth-order valence-electron chi connectivity index (χ4n) is 3.35. The Morgan fingerprint density at radius 3 is 2.66 bits per heavy atom. The molecule has 0 spiro atoms. The molecule has 35 heavy (non-hydrogen) atoms. The number of halogens is 4. The highest BCUT2D eigenvalue weighted by molar-refractivity contribution is 6.30. The fraction of sp³-hybridized carbons (Fsp3) is 0.160. The van der Waals surface area contributed by atoms with E-state index in [-0.39, 0.29) is 36.9 Å². The first kappa shape index (κ1) is 24.3. The molecule has 0 aliphatic heterocycles. The second-order valence-electron chi connectivity index (χ2n) is 7.71. The van der Waals surface area contributed by atoms with Crippen molar-refractivity contribution in [3.63, 3.8) is 0 Å². The van der Waals surface area contributed by atoms with Gasteiger partial charge in [0.05, 0.1) is 18.8 Å². The first-order chi connectivity index (χ1) is 16.8. The molecule has 4 aromatic rings. The van der Waals surface area contributed by atoms with Crippen LogP contribution in [-0.2, 0) is 19.7 Å². The second kappa shape index (κ2) is 10.6. The van der Waals surface area contributed by atoms with Crippen LogP contribution in [0.25, 0.3) is 0 Å². The van der Waals surface area contributed by atoms with Gasteiger partial charge in [-0.3, -0.25) is 14.5 Å². The summed E-state index contributed by atoms with van der Waals surface area (Å²) in [6, 6.07) is 13.9. The number of ether oxygens (including phenoxy) is 1. The Morgan fingerprint density at radius 1 is 1.06 bits per heavy atom. The zero-order chi connectivity index (χ0) is 24.9. The summed E-state index contributed by atoms with van der Waals surface area (Å²) in [7, 11) is 0. The van der Waals surface area contributed by atoms with Crippen molar-refractivity contribution >= 4 is 17.5 Å². The number of benzene rings is 2. The number of carbonyl (C=O) groups excluding carboxylic acids is 1. The van der Waals surface area contributed by atoms with E-state index in [9.17, 15) is 18.0 Å². The number of hydrogen-bond acceptors (Lipinski definition) is 4. The lowest BCUT2D eigenvalue weighted by Gasteiger charge is -2.14. The standard InChI is InChI=1S/C25H20ClF3N4O2/c1-15-10-21(25(34)31-12-19-4-2-3-9-30-19)32-33(15)13-17-11-18(26)6-8-22(17)35-14-16-5-7-20(27)24(29)23(16)28/h2-11H,12-14H2,1H3,(H,31,34). The lowest BCUT2D eigenvalue weighted by molar-refractivity contribution is 0.0944. The van der Waals surface area contributed by atoms with E-state index in [2.05, 4.69) is 15.4 Å². The average Bonchev–Trinajstić information content (AvgIpc) is 3.22. The molecule has 0 aliphatic rings. The van der Waals surface area contributed by atoms with Gasteiger partial charge in [0.1, 0.15) is 18.1 Å².